The molecule has 1 aromatic rings. The summed E-state index contributed by atoms with van der Waals surface area (Å²) < 4.78 is 15.5. The van der Waals surface area contributed by atoms with Gasteiger partial charge in [0.1, 0.15) is 6.61 Å². The molecule has 0 aliphatic carbocycles. The molecule has 1 rings (SSSR count). The second kappa shape index (κ2) is 12.4. The Morgan fingerprint density at radius 2 is 1.70 bits per heavy atom. The van der Waals surface area contributed by atoms with Crippen molar-refractivity contribution in [2.75, 3.05) is 33.0 Å². The lowest BCUT2D eigenvalue weighted by molar-refractivity contribution is -0.122. The highest BCUT2D eigenvalue weighted by Crippen LogP contribution is 2.00. The van der Waals surface area contributed by atoms with Crippen LogP contribution < -0.4 is 16.6 Å². The highest BCUT2D eigenvalue weighted by molar-refractivity contribution is 5.75. The van der Waals surface area contributed by atoms with Crippen molar-refractivity contribution in [2.24, 2.45) is 5.84 Å². The van der Waals surface area contributed by atoms with E-state index in [1.165, 1.54) is 0 Å². The maximum Gasteiger partial charge on any atom is 0.407 e. The summed E-state index contributed by atoms with van der Waals surface area (Å²) in [6, 6.07) is 9.43. The van der Waals surface area contributed by atoms with Gasteiger partial charge in [-0.2, -0.15) is 0 Å². The van der Waals surface area contributed by atoms with Gasteiger partial charge in [-0.05, 0) is 5.56 Å². The number of nitrogens with one attached hydrogen (secondary N) is 2. The third-order valence-electron chi connectivity index (χ3n) is 2.73. The van der Waals surface area contributed by atoms with Crippen molar-refractivity contribution in [3.63, 3.8) is 0 Å². The first kappa shape index (κ1) is 18.9. The van der Waals surface area contributed by atoms with Crippen molar-refractivity contribution in [1.82, 2.24) is 10.7 Å². The Balaban J connectivity index is 1.88. The number of nitrogens with two attached hydrogens (primary N) is 1. The molecule has 8 heteroatoms. The highest BCUT2D eigenvalue weighted by atomic mass is 16.5. The fourth-order valence-electron chi connectivity index (χ4n) is 1.56. The number of carbonyl (C=O) groups excluding carboxylic acids is 2. The number of hydrogen-bond acceptors (Lipinski definition) is 6. The van der Waals surface area contributed by atoms with E-state index in [0.29, 0.717) is 26.4 Å². The summed E-state index contributed by atoms with van der Waals surface area (Å²) in [4.78, 5) is 22.2. The van der Waals surface area contributed by atoms with Gasteiger partial charge in [0.25, 0.3) is 0 Å². The maximum atomic E-state index is 11.4. The summed E-state index contributed by atoms with van der Waals surface area (Å²) in [5, 5.41) is 2.58. The van der Waals surface area contributed by atoms with Crippen LogP contribution in [0.15, 0.2) is 30.3 Å². The number of amides is 2. The van der Waals surface area contributed by atoms with Crippen molar-refractivity contribution in [3.8, 4) is 0 Å². The van der Waals surface area contributed by atoms with Crippen LogP contribution in [0.3, 0.4) is 0 Å². The number of hydrogen-bond donors (Lipinski definition) is 3. The van der Waals surface area contributed by atoms with Crippen LogP contribution in [0.4, 0.5) is 4.79 Å². The largest absolute Gasteiger partial charge is 0.445 e. The van der Waals surface area contributed by atoms with Crippen molar-refractivity contribution in [2.45, 2.75) is 13.0 Å². The van der Waals surface area contributed by atoms with Crippen LogP contribution in [-0.4, -0.2) is 45.0 Å². The zero-order valence-corrected chi connectivity index (χ0v) is 13.0. The average Bonchev–Trinajstić information content (AvgIpc) is 2.59. The van der Waals surface area contributed by atoms with Crippen LogP contribution in [-0.2, 0) is 25.6 Å². The summed E-state index contributed by atoms with van der Waals surface area (Å²) in [6.45, 7) is 1.98. The van der Waals surface area contributed by atoms with Gasteiger partial charge >= 0.3 is 6.09 Å². The Morgan fingerprint density at radius 3 is 2.39 bits per heavy atom. The van der Waals surface area contributed by atoms with Gasteiger partial charge in [-0.15, -0.1) is 0 Å². The summed E-state index contributed by atoms with van der Waals surface area (Å²) in [5.74, 6) is 4.65. The van der Waals surface area contributed by atoms with E-state index >= 15 is 0 Å². The molecule has 0 unspecified atom stereocenters. The van der Waals surface area contributed by atoms with Gasteiger partial charge < -0.3 is 19.5 Å². The minimum atomic E-state index is -0.485. The van der Waals surface area contributed by atoms with Gasteiger partial charge in [-0.1, -0.05) is 30.3 Å². The molecule has 0 aliphatic heterocycles. The van der Waals surface area contributed by atoms with E-state index in [1.54, 1.807) is 0 Å². The molecule has 0 saturated heterocycles. The summed E-state index contributed by atoms with van der Waals surface area (Å²) in [6.07, 6.45) is -0.271. The van der Waals surface area contributed by atoms with E-state index < -0.39 is 6.09 Å². The molecular weight excluding hydrogens is 302 g/mol. The van der Waals surface area contributed by atoms with Crippen LogP contribution in [0.1, 0.15) is 12.0 Å². The minimum absolute atomic E-state index is 0.214. The van der Waals surface area contributed by atoms with E-state index in [2.05, 4.69) is 5.32 Å². The first-order valence-corrected chi connectivity index (χ1v) is 7.32. The van der Waals surface area contributed by atoms with Crippen molar-refractivity contribution in [1.29, 1.82) is 0 Å². The molecular formula is C15H23N3O5. The molecule has 8 nitrogen and oxygen atoms in total. The molecule has 0 saturated carbocycles. The number of rotatable bonds is 11. The molecule has 1 aromatic carbocycles. The summed E-state index contributed by atoms with van der Waals surface area (Å²) >= 11 is 0. The monoisotopic (exact) mass is 325 g/mol. The zero-order valence-electron chi connectivity index (χ0n) is 13.0. The molecule has 0 radical (unpaired) electrons. The number of benzene rings is 1. The van der Waals surface area contributed by atoms with E-state index in [0.717, 1.165) is 5.56 Å². The van der Waals surface area contributed by atoms with E-state index in [9.17, 15) is 9.59 Å². The lowest BCUT2D eigenvalue weighted by Gasteiger charge is -2.08. The third kappa shape index (κ3) is 10.2. The first-order valence-electron chi connectivity index (χ1n) is 7.32. The number of alkyl carbamates (subject to hydrolysis) is 1. The predicted molar refractivity (Wildman–Crippen MR) is 83.2 cm³/mol. The van der Waals surface area contributed by atoms with Crippen LogP contribution in [0, 0.1) is 0 Å². The quantitative estimate of drug-likeness (QED) is 0.234. The Bertz CT molecular complexity index is 456. The second-order valence-electron chi connectivity index (χ2n) is 4.53. The fourth-order valence-corrected chi connectivity index (χ4v) is 1.56. The van der Waals surface area contributed by atoms with Crippen LogP contribution in [0.5, 0.6) is 0 Å². The molecule has 23 heavy (non-hydrogen) atoms. The summed E-state index contributed by atoms with van der Waals surface area (Å²) in [7, 11) is 0. The molecule has 0 spiro atoms. The fraction of sp³-hybridized carbons (Fsp3) is 0.467. The Kier molecular flexibility index (Phi) is 10.2. The lowest BCUT2D eigenvalue weighted by Crippen LogP contribution is -2.30. The number of hydrazine groups is 1. The van der Waals surface area contributed by atoms with Crippen LogP contribution in [0.2, 0.25) is 0 Å². The molecule has 0 fully saturated rings. The number of carbonyl (C=O) groups is 2. The van der Waals surface area contributed by atoms with Gasteiger partial charge in [0.15, 0.2) is 0 Å². The lowest BCUT2D eigenvalue weighted by atomic mass is 10.2. The van der Waals surface area contributed by atoms with E-state index in [-0.39, 0.29) is 25.5 Å². The van der Waals surface area contributed by atoms with E-state index in [4.69, 9.17) is 20.1 Å². The Hall–Kier alpha value is -2.16. The number of ether oxygens (including phenoxy) is 3. The molecule has 0 heterocycles. The molecule has 0 aliphatic rings. The van der Waals surface area contributed by atoms with Gasteiger partial charge in [0.05, 0.1) is 32.8 Å². The third-order valence-corrected chi connectivity index (χ3v) is 2.73. The standard InChI is InChI=1S/C15H23N3O5/c16-18-14(19)6-8-21-10-11-22-9-7-17-15(20)23-12-13-4-2-1-3-5-13/h1-5H,6-12,16H2,(H,17,20)(H,18,19). The van der Waals surface area contributed by atoms with Gasteiger partial charge in [0.2, 0.25) is 5.91 Å². The van der Waals surface area contributed by atoms with E-state index in [1.807, 2.05) is 35.8 Å². The molecule has 0 aromatic heterocycles. The topological polar surface area (TPSA) is 112 Å². The molecule has 2 amide bonds. The minimum Gasteiger partial charge on any atom is -0.445 e. The van der Waals surface area contributed by atoms with Crippen molar-refractivity contribution >= 4 is 12.0 Å². The Morgan fingerprint density at radius 1 is 1.00 bits per heavy atom. The SMILES string of the molecule is NNC(=O)CCOCCOCCNC(=O)OCc1ccccc1. The molecule has 0 bridgehead atoms. The van der Waals surface area contributed by atoms with Crippen LogP contribution in [0.25, 0.3) is 0 Å². The van der Waals surface area contributed by atoms with Gasteiger partial charge in [0, 0.05) is 6.54 Å². The normalized spacial score (nSPS) is 10.1. The van der Waals surface area contributed by atoms with Crippen molar-refractivity contribution < 1.29 is 23.8 Å². The maximum absolute atomic E-state index is 11.4. The highest BCUT2D eigenvalue weighted by Gasteiger charge is 2.01. The second-order valence-corrected chi connectivity index (χ2v) is 4.53. The molecule has 4 N–H and O–H groups in total. The smallest absolute Gasteiger partial charge is 0.407 e. The Labute approximate surface area is 135 Å². The van der Waals surface area contributed by atoms with Gasteiger partial charge in [-0.25, -0.2) is 10.6 Å². The molecule has 128 valence electrons. The predicted octanol–water partition coefficient (Wildman–Crippen LogP) is 0.326. The average molecular weight is 325 g/mol. The first-order chi connectivity index (χ1) is 11.2. The molecule has 0 atom stereocenters. The van der Waals surface area contributed by atoms with Crippen LogP contribution >= 0.6 is 0 Å². The zero-order chi connectivity index (χ0) is 16.8. The summed E-state index contributed by atoms with van der Waals surface area (Å²) in [5.41, 5.74) is 2.94. The van der Waals surface area contributed by atoms with Crippen molar-refractivity contribution in [3.05, 3.63) is 35.9 Å². The van der Waals surface area contributed by atoms with Gasteiger partial charge in [-0.3, -0.25) is 10.2 Å².